The van der Waals surface area contributed by atoms with Gasteiger partial charge >= 0.3 is 0 Å². The van der Waals surface area contributed by atoms with Crippen LogP contribution >= 0.6 is 11.6 Å². The Morgan fingerprint density at radius 2 is 2.10 bits per heavy atom. The number of likely N-dealkylation sites (tertiary alicyclic amines) is 1. The number of benzene rings is 1. The largest absolute Gasteiger partial charge is 0.387 e. The van der Waals surface area contributed by atoms with E-state index in [2.05, 4.69) is 27.2 Å². The smallest absolute Gasteiger partial charge is 0.141 e. The molecule has 7 atom stereocenters. The van der Waals surface area contributed by atoms with E-state index in [1.807, 2.05) is 18.2 Å². The average molecular weight is 437 g/mol. The van der Waals surface area contributed by atoms with Crippen molar-refractivity contribution in [2.24, 2.45) is 10.9 Å². The van der Waals surface area contributed by atoms with Crippen LogP contribution in [0.1, 0.15) is 23.7 Å². The SMILES string of the molecule is CN=C1NCN(C)C2C1CCN2[C@@H]1O[C@H]([C@@H]2OCCc3cc(Cl)ccc32)[C@@H](O)[C@H]1O. The molecule has 9 heteroatoms. The van der Waals surface area contributed by atoms with Crippen molar-refractivity contribution in [2.75, 3.05) is 33.9 Å². The number of hydrogen-bond donors (Lipinski definition) is 3. The predicted molar refractivity (Wildman–Crippen MR) is 112 cm³/mol. The molecule has 30 heavy (non-hydrogen) atoms. The molecule has 0 spiro atoms. The van der Waals surface area contributed by atoms with Gasteiger partial charge in [0.25, 0.3) is 0 Å². The molecule has 1 aromatic carbocycles. The fraction of sp³-hybridized carbons (Fsp3) is 0.667. The maximum Gasteiger partial charge on any atom is 0.141 e. The number of amidine groups is 1. The van der Waals surface area contributed by atoms with Crippen LogP contribution in [0, 0.1) is 5.92 Å². The molecule has 164 valence electrons. The van der Waals surface area contributed by atoms with Gasteiger partial charge in [-0.1, -0.05) is 17.7 Å². The van der Waals surface area contributed by atoms with Crippen LogP contribution < -0.4 is 5.32 Å². The third-order valence-electron chi connectivity index (χ3n) is 6.93. The maximum absolute atomic E-state index is 11.0. The molecule has 3 fully saturated rings. The predicted octanol–water partition coefficient (Wildman–Crippen LogP) is 0.569. The van der Waals surface area contributed by atoms with Gasteiger partial charge in [0, 0.05) is 24.5 Å². The Morgan fingerprint density at radius 1 is 1.27 bits per heavy atom. The second-order valence-corrected chi connectivity index (χ2v) is 9.04. The molecule has 0 aromatic heterocycles. The summed E-state index contributed by atoms with van der Waals surface area (Å²) in [5.41, 5.74) is 2.08. The molecule has 3 saturated heterocycles. The molecule has 5 rings (SSSR count). The van der Waals surface area contributed by atoms with E-state index in [0.29, 0.717) is 18.3 Å². The minimum Gasteiger partial charge on any atom is -0.387 e. The van der Waals surface area contributed by atoms with Crippen LogP contribution in [-0.4, -0.2) is 90.5 Å². The number of nitrogens with one attached hydrogen (secondary N) is 1. The zero-order chi connectivity index (χ0) is 21.0. The zero-order valence-electron chi connectivity index (χ0n) is 17.2. The van der Waals surface area contributed by atoms with Crippen LogP contribution in [0.15, 0.2) is 23.2 Å². The van der Waals surface area contributed by atoms with Crippen LogP contribution in [0.4, 0.5) is 0 Å². The summed E-state index contributed by atoms with van der Waals surface area (Å²) < 4.78 is 12.4. The summed E-state index contributed by atoms with van der Waals surface area (Å²) in [5.74, 6) is 1.22. The Kier molecular flexibility index (Phi) is 5.51. The van der Waals surface area contributed by atoms with Gasteiger partial charge in [-0.15, -0.1) is 0 Å². The van der Waals surface area contributed by atoms with E-state index >= 15 is 0 Å². The van der Waals surface area contributed by atoms with Gasteiger partial charge in [0.15, 0.2) is 0 Å². The molecule has 4 heterocycles. The molecular formula is C21H29ClN4O4. The molecule has 8 nitrogen and oxygen atoms in total. The highest BCUT2D eigenvalue weighted by atomic mass is 35.5. The van der Waals surface area contributed by atoms with Crippen LogP contribution in [0.5, 0.6) is 0 Å². The molecule has 0 bridgehead atoms. The molecule has 0 saturated carbocycles. The number of nitrogens with zero attached hydrogens (tertiary/aromatic N) is 3. The third kappa shape index (κ3) is 3.26. The molecule has 4 aliphatic rings. The van der Waals surface area contributed by atoms with E-state index in [1.165, 1.54) is 0 Å². The normalized spacial score (nSPS) is 41.0. The highest BCUT2D eigenvalue weighted by Gasteiger charge is 2.54. The molecule has 1 aromatic rings. The maximum atomic E-state index is 11.0. The highest BCUT2D eigenvalue weighted by Crippen LogP contribution is 2.41. The zero-order valence-corrected chi connectivity index (χ0v) is 18.0. The van der Waals surface area contributed by atoms with Gasteiger partial charge in [-0.3, -0.25) is 14.8 Å². The lowest BCUT2D eigenvalue weighted by Gasteiger charge is -2.43. The Balaban J connectivity index is 1.40. The molecule has 0 amide bonds. The first-order chi connectivity index (χ1) is 14.5. The summed E-state index contributed by atoms with van der Waals surface area (Å²) in [6.45, 7) is 1.97. The lowest BCUT2D eigenvalue weighted by molar-refractivity contribution is -0.150. The van der Waals surface area contributed by atoms with Crippen molar-refractivity contribution >= 4 is 17.4 Å². The lowest BCUT2D eigenvalue weighted by Crippen LogP contribution is -2.61. The summed E-state index contributed by atoms with van der Waals surface area (Å²) in [7, 11) is 3.85. The first-order valence-electron chi connectivity index (χ1n) is 10.6. The summed E-state index contributed by atoms with van der Waals surface area (Å²) in [6.07, 6.45) is -1.97. The van der Waals surface area contributed by atoms with Crippen LogP contribution in [-0.2, 0) is 15.9 Å². The van der Waals surface area contributed by atoms with Gasteiger partial charge in [-0.05, 0) is 43.1 Å². The fourth-order valence-corrected chi connectivity index (χ4v) is 5.72. The first-order valence-corrected chi connectivity index (χ1v) is 11.0. The minimum atomic E-state index is -1.04. The number of ether oxygens (including phenoxy) is 2. The highest BCUT2D eigenvalue weighted by molar-refractivity contribution is 6.30. The third-order valence-corrected chi connectivity index (χ3v) is 7.17. The van der Waals surface area contributed by atoms with Crippen molar-refractivity contribution < 1.29 is 19.7 Å². The summed E-state index contributed by atoms with van der Waals surface area (Å²) in [5, 5.41) is 25.9. The van der Waals surface area contributed by atoms with Crippen molar-refractivity contribution in [2.45, 2.75) is 49.7 Å². The topological polar surface area (TPSA) is 89.8 Å². The van der Waals surface area contributed by atoms with Gasteiger partial charge in [0.1, 0.15) is 36.5 Å². The second kappa shape index (κ2) is 8.02. The minimum absolute atomic E-state index is 0.0638. The van der Waals surface area contributed by atoms with E-state index in [-0.39, 0.29) is 12.1 Å². The second-order valence-electron chi connectivity index (χ2n) is 8.60. The van der Waals surface area contributed by atoms with E-state index in [1.54, 1.807) is 7.05 Å². The molecular weight excluding hydrogens is 408 g/mol. The van der Waals surface area contributed by atoms with Gasteiger partial charge in [0.2, 0.25) is 0 Å². The number of fused-ring (bicyclic) bond motifs is 2. The number of aliphatic hydroxyl groups excluding tert-OH is 2. The Bertz CT molecular complexity index is 839. The molecule has 3 N–H and O–H groups in total. The van der Waals surface area contributed by atoms with E-state index in [0.717, 1.165) is 36.3 Å². The number of halogens is 1. The van der Waals surface area contributed by atoms with Crippen LogP contribution in [0.2, 0.25) is 5.02 Å². The Labute approximate surface area is 181 Å². The average Bonchev–Trinajstić information content (AvgIpc) is 3.30. The van der Waals surface area contributed by atoms with Gasteiger partial charge < -0.3 is 25.0 Å². The van der Waals surface area contributed by atoms with Gasteiger partial charge in [0.05, 0.1) is 19.4 Å². The molecule has 2 unspecified atom stereocenters. The Morgan fingerprint density at radius 3 is 2.90 bits per heavy atom. The van der Waals surface area contributed by atoms with E-state index in [9.17, 15) is 10.2 Å². The van der Waals surface area contributed by atoms with Crippen molar-refractivity contribution in [1.29, 1.82) is 0 Å². The number of hydrogen-bond acceptors (Lipinski definition) is 7. The summed E-state index contributed by atoms with van der Waals surface area (Å²) >= 11 is 6.16. The molecule has 0 radical (unpaired) electrons. The monoisotopic (exact) mass is 436 g/mol. The summed E-state index contributed by atoms with van der Waals surface area (Å²) in [4.78, 5) is 8.78. The van der Waals surface area contributed by atoms with Crippen molar-refractivity contribution in [1.82, 2.24) is 15.1 Å². The van der Waals surface area contributed by atoms with Crippen LogP contribution in [0.25, 0.3) is 0 Å². The first kappa shape index (κ1) is 20.6. The van der Waals surface area contributed by atoms with Gasteiger partial charge in [-0.2, -0.15) is 0 Å². The van der Waals surface area contributed by atoms with Gasteiger partial charge in [-0.25, -0.2) is 0 Å². The van der Waals surface area contributed by atoms with E-state index < -0.39 is 30.6 Å². The Hall–Kier alpha value is -1.26. The van der Waals surface area contributed by atoms with Crippen LogP contribution in [0.3, 0.4) is 0 Å². The number of aliphatic imine (C=N–C) groups is 1. The molecule has 0 aliphatic carbocycles. The van der Waals surface area contributed by atoms with E-state index in [4.69, 9.17) is 21.1 Å². The lowest BCUT2D eigenvalue weighted by atomic mass is 9.92. The number of rotatable bonds is 2. The van der Waals surface area contributed by atoms with Crippen molar-refractivity contribution in [3.63, 3.8) is 0 Å². The summed E-state index contributed by atoms with van der Waals surface area (Å²) in [6, 6.07) is 5.72. The number of aliphatic hydroxyl groups is 2. The standard InChI is InChI=1S/C21H29ClN4O4/c1-23-19-14-5-7-26(20(14)25(2)10-24-19)21-16(28)15(27)18(30-21)17-13-4-3-12(22)9-11(13)6-8-29-17/h3-4,9,14-18,20-21,27-28H,5-8,10H2,1-2H3,(H,23,24)/t14?,15-,16+,17+,18-,20?,21+/m0/s1. The van der Waals surface area contributed by atoms with Crippen molar-refractivity contribution in [3.05, 3.63) is 34.3 Å². The fourth-order valence-electron chi connectivity index (χ4n) is 5.53. The quantitative estimate of drug-likeness (QED) is 0.624. The molecule has 4 aliphatic heterocycles. The van der Waals surface area contributed by atoms with Crippen molar-refractivity contribution in [3.8, 4) is 0 Å².